The molecule has 0 saturated heterocycles. The molecule has 0 fully saturated rings. The van der Waals surface area contributed by atoms with Crippen molar-refractivity contribution in [2.75, 3.05) is 11.5 Å². The van der Waals surface area contributed by atoms with Gasteiger partial charge in [0, 0.05) is 12.1 Å². The summed E-state index contributed by atoms with van der Waals surface area (Å²) in [5, 5.41) is 8.96. The van der Waals surface area contributed by atoms with Gasteiger partial charge in [-0.15, -0.1) is 0 Å². The molecule has 0 aromatic heterocycles. The number of carbonyl (C=O) groups is 2. The van der Waals surface area contributed by atoms with Crippen molar-refractivity contribution in [3.05, 3.63) is 95.6 Å². The number of rotatable bonds is 9. The van der Waals surface area contributed by atoms with Gasteiger partial charge in [-0.05, 0) is 66.5 Å². The molecule has 4 rings (SSSR count). The maximum atomic E-state index is 13.4. The van der Waals surface area contributed by atoms with E-state index >= 15 is 0 Å². The summed E-state index contributed by atoms with van der Waals surface area (Å²) in [5.74, 6) is 0.0433. The summed E-state index contributed by atoms with van der Waals surface area (Å²) < 4.78 is 5.53. The van der Waals surface area contributed by atoms with Crippen molar-refractivity contribution in [2.24, 2.45) is 0 Å². The third-order valence-corrected chi connectivity index (χ3v) is 6.20. The van der Waals surface area contributed by atoms with Gasteiger partial charge in [0.25, 0.3) is 0 Å². The average molecular weight is 444 g/mol. The number of nitrogens with zero attached hydrogens (tertiary/aromatic N) is 1. The number of para-hydroxylation sites is 1. The van der Waals surface area contributed by atoms with Gasteiger partial charge in [0.1, 0.15) is 5.75 Å². The first-order chi connectivity index (χ1) is 16.1. The van der Waals surface area contributed by atoms with Crippen LogP contribution >= 0.6 is 0 Å². The number of fused-ring (bicyclic) bond motifs is 1. The first-order valence-electron chi connectivity index (χ1n) is 11.5. The van der Waals surface area contributed by atoms with Gasteiger partial charge in [0.2, 0.25) is 5.91 Å². The van der Waals surface area contributed by atoms with Gasteiger partial charge in [-0.3, -0.25) is 4.79 Å². The Bertz CT molecular complexity index is 1080. The Morgan fingerprint density at radius 3 is 2.39 bits per heavy atom. The average Bonchev–Trinajstić information content (AvgIpc) is 2.85. The minimum Gasteiger partial charge on any atom is -0.482 e. The van der Waals surface area contributed by atoms with Crippen molar-refractivity contribution in [3.8, 4) is 5.75 Å². The third-order valence-electron chi connectivity index (χ3n) is 6.20. The topological polar surface area (TPSA) is 66.8 Å². The van der Waals surface area contributed by atoms with Gasteiger partial charge in [-0.25, -0.2) is 4.79 Å². The van der Waals surface area contributed by atoms with Gasteiger partial charge in [-0.1, -0.05) is 60.7 Å². The highest BCUT2D eigenvalue weighted by Gasteiger charge is 2.25. The Morgan fingerprint density at radius 1 is 0.939 bits per heavy atom. The fourth-order valence-electron chi connectivity index (χ4n) is 4.62. The minimum absolute atomic E-state index is 0.107. The van der Waals surface area contributed by atoms with Crippen molar-refractivity contribution in [1.29, 1.82) is 0 Å². The Kier molecular flexibility index (Phi) is 7.40. The summed E-state index contributed by atoms with van der Waals surface area (Å²) in [6.45, 7) is 0.198. The standard InChI is InChI=1S/C28H29NO4/c30-27(29(23-12-5-2-6-13-23)19-21-9-3-1-4-10-21)18-17-22-11-7-15-25-24(22)14-8-16-26(25)33-20-28(31)32/h1-6,8-10,12-14,16,22H,7,11,15,17-20H2,(H,31,32). The molecule has 0 aliphatic heterocycles. The van der Waals surface area contributed by atoms with E-state index in [0.29, 0.717) is 18.7 Å². The quantitative estimate of drug-likeness (QED) is 0.469. The lowest BCUT2D eigenvalue weighted by molar-refractivity contribution is -0.139. The van der Waals surface area contributed by atoms with E-state index in [1.165, 1.54) is 5.56 Å². The van der Waals surface area contributed by atoms with Crippen LogP contribution in [0.3, 0.4) is 0 Å². The van der Waals surface area contributed by atoms with E-state index in [2.05, 4.69) is 6.07 Å². The second-order valence-electron chi connectivity index (χ2n) is 8.44. The zero-order valence-corrected chi connectivity index (χ0v) is 18.7. The third kappa shape index (κ3) is 5.80. The molecule has 1 unspecified atom stereocenters. The van der Waals surface area contributed by atoms with E-state index in [1.54, 1.807) is 0 Å². The van der Waals surface area contributed by atoms with E-state index in [4.69, 9.17) is 9.84 Å². The molecule has 1 N–H and O–H groups in total. The molecule has 1 atom stereocenters. The van der Waals surface area contributed by atoms with E-state index in [-0.39, 0.29) is 18.4 Å². The number of carboxylic acids is 1. The molecule has 33 heavy (non-hydrogen) atoms. The van der Waals surface area contributed by atoms with E-state index < -0.39 is 5.97 Å². The molecule has 1 amide bonds. The van der Waals surface area contributed by atoms with Crippen LogP contribution in [-0.4, -0.2) is 23.6 Å². The Hall–Kier alpha value is -3.60. The molecule has 0 saturated carbocycles. The molecular formula is C28H29NO4. The van der Waals surface area contributed by atoms with Crippen LogP contribution in [0.2, 0.25) is 0 Å². The van der Waals surface area contributed by atoms with Crippen molar-refractivity contribution in [1.82, 2.24) is 0 Å². The lowest BCUT2D eigenvalue weighted by atomic mass is 9.80. The van der Waals surface area contributed by atoms with Gasteiger partial charge in [0.15, 0.2) is 6.61 Å². The second kappa shape index (κ2) is 10.8. The molecule has 5 heteroatoms. The molecule has 0 radical (unpaired) electrons. The van der Waals surface area contributed by atoms with Crippen LogP contribution in [-0.2, 0) is 22.6 Å². The largest absolute Gasteiger partial charge is 0.482 e. The SMILES string of the molecule is O=C(O)COc1cccc2c1CCCC2CCC(=O)N(Cc1ccccc1)c1ccccc1. The smallest absolute Gasteiger partial charge is 0.341 e. The molecule has 1 aliphatic rings. The number of carboxylic acid groups (broad SMARTS) is 1. The summed E-state index contributed by atoms with van der Waals surface area (Å²) in [6, 6.07) is 25.7. The first kappa shape index (κ1) is 22.6. The normalized spacial score (nSPS) is 14.8. The van der Waals surface area contributed by atoms with Crippen LogP contribution in [0.15, 0.2) is 78.9 Å². The first-order valence-corrected chi connectivity index (χ1v) is 11.5. The number of ether oxygens (including phenoxy) is 1. The predicted molar refractivity (Wildman–Crippen MR) is 129 cm³/mol. The summed E-state index contributed by atoms with van der Waals surface area (Å²) >= 11 is 0. The fraction of sp³-hybridized carbons (Fsp3) is 0.286. The Labute approximate surface area is 194 Å². The lowest BCUT2D eigenvalue weighted by Gasteiger charge is -2.28. The van der Waals surface area contributed by atoms with Crippen LogP contribution in [0.25, 0.3) is 0 Å². The number of amides is 1. The lowest BCUT2D eigenvalue weighted by Crippen LogP contribution is -2.30. The molecule has 1 aliphatic carbocycles. The fourth-order valence-corrected chi connectivity index (χ4v) is 4.62. The molecule has 5 nitrogen and oxygen atoms in total. The van der Waals surface area contributed by atoms with E-state index in [1.807, 2.05) is 77.7 Å². The number of aliphatic carboxylic acids is 1. The number of anilines is 1. The summed E-state index contributed by atoms with van der Waals surface area (Å²) in [7, 11) is 0. The van der Waals surface area contributed by atoms with E-state index in [9.17, 15) is 9.59 Å². The zero-order chi connectivity index (χ0) is 23.0. The highest BCUT2D eigenvalue weighted by atomic mass is 16.5. The van der Waals surface area contributed by atoms with Crippen LogP contribution in [0, 0.1) is 0 Å². The Morgan fingerprint density at radius 2 is 1.67 bits per heavy atom. The number of hydrogen-bond acceptors (Lipinski definition) is 3. The summed E-state index contributed by atoms with van der Waals surface area (Å²) in [6.07, 6.45) is 4.11. The molecule has 3 aromatic rings. The molecule has 0 spiro atoms. The highest BCUT2D eigenvalue weighted by molar-refractivity contribution is 5.93. The van der Waals surface area contributed by atoms with Gasteiger partial charge in [0.05, 0.1) is 6.54 Å². The Balaban J connectivity index is 1.48. The molecular weight excluding hydrogens is 414 g/mol. The van der Waals surface area contributed by atoms with E-state index in [0.717, 1.165) is 42.5 Å². The zero-order valence-electron chi connectivity index (χ0n) is 18.7. The molecule has 3 aromatic carbocycles. The van der Waals surface area contributed by atoms with Crippen molar-refractivity contribution < 1.29 is 19.4 Å². The number of benzene rings is 3. The molecule has 170 valence electrons. The number of carbonyl (C=O) groups excluding carboxylic acids is 1. The maximum Gasteiger partial charge on any atom is 0.341 e. The number of hydrogen-bond donors (Lipinski definition) is 1. The van der Waals surface area contributed by atoms with Crippen molar-refractivity contribution in [3.63, 3.8) is 0 Å². The minimum atomic E-state index is -0.982. The van der Waals surface area contributed by atoms with Gasteiger partial charge >= 0.3 is 5.97 Å². The predicted octanol–water partition coefficient (Wildman–Crippen LogP) is 5.58. The second-order valence-corrected chi connectivity index (χ2v) is 8.44. The van der Waals surface area contributed by atoms with Crippen LogP contribution in [0.5, 0.6) is 5.75 Å². The molecule has 0 bridgehead atoms. The van der Waals surface area contributed by atoms with Crippen molar-refractivity contribution in [2.45, 2.75) is 44.6 Å². The monoisotopic (exact) mass is 443 g/mol. The summed E-state index contributed by atoms with van der Waals surface area (Å²) in [5.41, 5.74) is 4.27. The van der Waals surface area contributed by atoms with Gasteiger partial charge in [-0.2, -0.15) is 0 Å². The van der Waals surface area contributed by atoms with Crippen LogP contribution in [0.1, 0.15) is 48.3 Å². The molecule has 0 heterocycles. The highest BCUT2D eigenvalue weighted by Crippen LogP contribution is 2.39. The van der Waals surface area contributed by atoms with Gasteiger partial charge < -0.3 is 14.7 Å². The maximum absolute atomic E-state index is 13.4. The van der Waals surface area contributed by atoms with Crippen LogP contribution < -0.4 is 9.64 Å². The summed E-state index contributed by atoms with van der Waals surface area (Å²) in [4.78, 5) is 26.2. The van der Waals surface area contributed by atoms with Crippen molar-refractivity contribution >= 4 is 17.6 Å². The van der Waals surface area contributed by atoms with Crippen LogP contribution in [0.4, 0.5) is 5.69 Å².